The first-order chi connectivity index (χ1) is 10.9. The summed E-state index contributed by atoms with van der Waals surface area (Å²) in [5.74, 6) is 0.553. The molecule has 2 aromatic carbocycles. The molecule has 0 atom stereocenters. The highest BCUT2D eigenvalue weighted by Crippen LogP contribution is 2.23. The Morgan fingerprint density at radius 3 is 2.48 bits per heavy atom. The third kappa shape index (κ3) is 5.44. The van der Waals surface area contributed by atoms with Crippen LogP contribution in [0.15, 0.2) is 42.5 Å². The molecule has 0 fully saturated rings. The SMILES string of the molecule is CCCOc1ccc2cc(/C=C\C(=O)OC(C)(C)C)ccc2c1. The standard InChI is InChI=1S/C20H24O3/c1-5-12-22-18-10-9-16-13-15(6-8-17(16)14-18)7-11-19(21)23-20(2,3)4/h6-11,13-14H,5,12H2,1-4H3/b11-7-. The molecule has 2 rings (SSSR count). The Hall–Kier alpha value is -2.29. The molecule has 0 amide bonds. The number of rotatable bonds is 5. The number of carbonyl (C=O) groups excluding carboxylic acids is 1. The monoisotopic (exact) mass is 312 g/mol. The average Bonchev–Trinajstić information content (AvgIpc) is 2.49. The van der Waals surface area contributed by atoms with E-state index in [0.29, 0.717) is 0 Å². The summed E-state index contributed by atoms with van der Waals surface area (Å²) in [5, 5.41) is 2.23. The van der Waals surface area contributed by atoms with Crippen molar-refractivity contribution in [2.75, 3.05) is 6.61 Å². The van der Waals surface area contributed by atoms with Crippen LogP contribution in [0.1, 0.15) is 39.7 Å². The fourth-order valence-electron chi connectivity index (χ4n) is 2.16. The van der Waals surface area contributed by atoms with E-state index in [2.05, 4.69) is 6.92 Å². The lowest BCUT2D eigenvalue weighted by molar-refractivity contribution is -0.148. The number of hydrogen-bond donors (Lipinski definition) is 0. The molecule has 0 aliphatic rings. The summed E-state index contributed by atoms with van der Waals surface area (Å²) in [5.41, 5.74) is 0.491. The lowest BCUT2D eigenvalue weighted by Gasteiger charge is -2.17. The van der Waals surface area contributed by atoms with Crippen LogP contribution < -0.4 is 4.74 Å². The maximum absolute atomic E-state index is 11.7. The summed E-state index contributed by atoms with van der Waals surface area (Å²) >= 11 is 0. The predicted molar refractivity (Wildman–Crippen MR) is 94.6 cm³/mol. The fraction of sp³-hybridized carbons (Fsp3) is 0.350. The van der Waals surface area contributed by atoms with Gasteiger partial charge in [-0.2, -0.15) is 0 Å². The van der Waals surface area contributed by atoms with Gasteiger partial charge >= 0.3 is 5.97 Å². The van der Waals surface area contributed by atoms with E-state index >= 15 is 0 Å². The van der Waals surface area contributed by atoms with E-state index in [-0.39, 0.29) is 5.97 Å². The van der Waals surface area contributed by atoms with E-state index in [1.807, 2.05) is 57.2 Å². The molecule has 0 radical (unpaired) electrons. The third-order valence-corrected chi connectivity index (χ3v) is 3.13. The Bertz CT molecular complexity index is 708. The summed E-state index contributed by atoms with van der Waals surface area (Å²) in [6.45, 7) is 8.37. The van der Waals surface area contributed by atoms with Crippen LogP contribution in [0.25, 0.3) is 16.8 Å². The Balaban J connectivity index is 2.12. The Kier molecular flexibility index (Phi) is 5.43. The van der Waals surface area contributed by atoms with Gasteiger partial charge in [-0.25, -0.2) is 4.79 Å². The second-order valence-electron chi connectivity index (χ2n) is 6.48. The van der Waals surface area contributed by atoms with Gasteiger partial charge in [0.05, 0.1) is 6.61 Å². The number of benzene rings is 2. The van der Waals surface area contributed by atoms with Crippen LogP contribution in [-0.4, -0.2) is 18.2 Å². The molecular weight excluding hydrogens is 288 g/mol. The van der Waals surface area contributed by atoms with Crippen LogP contribution in [0, 0.1) is 0 Å². The molecule has 0 bridgehead atoms. The van der Waals surface area contributed by atoms with Crippen molar-refractivity contribution in [3.63, 3.8) is 0 Å². The van der Waals surface area contributed by atoms with Crippen LogP contribution in [0.4, 0.5) is 0 Å². The minimum absolute atomic E-state index is 0.332. The number of carbonyl (C=O) groups is 1. The normalized spacial score (nSPS) is 11.8. The van der Waals surface area contributed by atoms with Gasteiger partial charge in [0.1, 0.15) is 11.4 Å². The zero-order chi connectivity index (χ0) is 16.9. The van der Waals surface area contributed by atoms with Crippen molar-refractivity contribution >= 4 is 22.8 Å². The van der Waals surface area contributed by atoms with Gasteiger partial charge in [0.25, 0.3) is 0 Å². The van der Waals surface area contributed by atoms with Crippen LogP contribution in [0.5, 0.6) is 5.75 Å². The quantitative estimate of drug-likeness (QED) is 0.577. The van der Waals surface area contributed by atoms with E-state index in [0.717, 1.165) is 35.1 Å². The van der Waals surface area contributed by atoms with Crippen molar-refractivity contribution in [3.8, 4) is 5.75 Å². The van der Waals surface area contributed by atoms with Crippen molar-refractivity contribution in [1.82, 2.24) is 0 Å². The highest BCUT2D eigenvalue weighted by molar-refractivity contribution is 5.90. The lowest BCUT2D eigenvalue weighted by atomic mass is 10.1. The smallest absolute Gasteiger partial charge is 0.331 e. The third-order valence-electron chi connectivity index (χ3n) is 3.13. The molecule has 23 heavy (non-hydrogen) atoms. The molecule has 0 heterocycles. The maximum atomic E-state index is 11.7. The van der Waals surface area contributed by atoms with Crippen molar-refractivity contribution in [2.45, 2.75) is 39.7 Å². The van der Waals surface area contributed by atoms with Gasteiger partial charge in [-0.15, -0.1) is 0 Å². The molecule has 0 spiro atoms. The van der Waals surface area contributed by atoms with Gasteiger partial charge < -0.3 is 9.47 Å². The average molecular weight is 312 g/mol. The molecule has 0 aliphatic heterocycles. The summed E-state index contributed by atoms with van der Waals surface area (Å²) in [6.07, 6.45) is 4.23. The second-order valence-corrected chi connectivity index (χ2v) is 6.48. The molecule has 3 heteroatoms. The zero-order valence-electron chi connectivity index (χ0n) is 14.3. The molecule has 3 nitrogen and oxygen atoms in total. The second kappa shape index (κ2) is 7.32. The molecule has 0 aromatic heterocycles. The predicted octanol–water partition coefficient (Wildman–Crippen LogP) is 4.98. The van der Waals surface area contributed by atoms with E-state index in [1.54, 1.807) is 6.08 Å². The molecule has 0 aliphatic carbocycles. The Morgan fingerprint density at radius 1 is 1.09 bits per heavy atom. The van der Waals surface area contributed by atoms with Crippen molar-refractivity contribution in [2.24, 2.45) is 0 Å². The van der Waals surface area contributed by atoms with Gasteiger partial charge in [-0.3, -0.25) is 0 Å². The first kappa shape index (κ1) is 17.1. The van der Waals surface area contributed by atoms with Gasteiger partial charge in [0, 0.05) is 6.08 Å². The number of ether oxygens (including phenoxy) is 2. The van der Waals surface area contributed by atoms with E-state index in [4.69, 9.17) is 9.47 Å². The van der Waals surface area contributed by atoms with Crippen molar-refractivity contribution in [1.29, 1.82) is 0 Å². The topological polar surface area (TPSA) is 35.5 Å². The summed E-state index contributed by atoms with van der Waals surface area (Å²) in [6, 6.07) is 12.1. The first-order valence-corrected chi connectivity index (χ1v) is 7.95. The largest absolute Gasteiger partial charge is 0.494 e. The van der Waals surface area contributed by atoms with E-state index in [1.165, 1.54) is 6.08 Å². The summed E-state index contributed by atoms with van der Waals surface area (Å²) in [4.78, 5) is 11.7. The highest BCUT2D eigenvalue weighted by Gasteiger charge is 2.13. The van der Waals surface area contributed by atoms with Crippen molar-refractivity contribution < 1.29 is 14.3 Å². The summed E-state index contributed by atoms with van der Waals surface area (Å²) < 4.78 is 10.9. The Morgan fingerprint density at radius 2 is 1.78 bits per heavy atom. The van der Waals surface area contributed by atoms with Gasteiger partial charge in [0.2, 0.25) is 0 Å². The molecule has 0 unspecified atom stereocenters. The minimum atomic E-state index is -0.473. The van der Waals surface area contributed by atoms with Crippen LogP contribution in [0.3, 0.4) is 0 Å². The van der Waals surface area contributed by atoms with Crippen LogP contribution in [0.2, 0.25) is 0 Å². The van der Waals surface area contributed by atoms with Crippen LogP contribution in [-0.2, 0) is 9.53 Å². The molecule has 0 saturated carbocycles. The van der Waals surface area contributed by atoms with E-state index < -0.39 is 5.60 Å². The van der Waals surface area contributed by atoms with Gasteiger partial charge in [-0.1, -0.05) is 25.1 Å². The fourth-order valence-corrected chi connectivity index (χ4v) is 2.16. The number of hydrogen-bond acceptors (Lipinski definition) is 3. The first-order valence-electron chi connectivity index (χ1n) is 7.95. The van der Waals surface area contributed by atoms with Gasteiger partial charge in [0.15, 0.2) is 0 Å². The summed E-state index contributed by atoms with van der Waals surface area (Å²) in [7, 11) is 0. The van der Waals surface area contributed by atoms with E-state index in [9.17, 15) is 4.79 Å². The molecule has 0 saturated heterocycles. The lowest BCUT2D eigenvalue weighted by Crippen LogP contribution is -2.22. The zero-order valence-corrected chi connectivity index (χ0v) is 14.3. The number of esters is 1. The van der Waals surface area contributed by atoms with Crippen LogP contribution >= 0.6 is 0 Å². The highest BCUT2D eigenvalue weighted by atomic mass is 16.6. The number of fused-ring (bicyclic) bond motifs is 1. The maximum Gasteiger partial charge on any atom is 0.331 e. The molecule has 122 valence electrons. The minimum Gasteiger partial charge on any atom is -0.494 e. The Labute approximate surface area is 137 Å². The molecular formula is C20H24O3. The molecule has 0 N–H and O–H groups in total. The van der Waals surface area contributed by atoms with Gasteiger partial charge in [-0.05, 0) is 67.8 Å². The van der Waals surface area contributed by atoms with Crippen molar-refractivity contribution in [3.05, 3.63) is 48.0 Å². The molecule has 2 aromatic rings.